The summed E-state index contributed by atoms with van der Waals surface area (Å²) in [6, 6.07) is 134. The average molecular weight is 1350 g/mol. The molecule has 502 valence electrons. The third-order valence-corrected chi connectivity index (χ3v) is 24.8. The fourth-order valence-corrected chi connectivity index (χ4v) is 20.1. The third kappa shape index (κ3) is 8.79. The molecule has 2 heteroatoms. The van der Waals surface area contributed by atoms with Gasteiger partial charge in [0.2, 0.25) is 0 Å². The molecule has 106 heavy (non-hydrogen) atoms. The standard InChI is InChI=1S/C104H76N2/c1-101(2)91-41-25-23-39-79(91)81-55-47-75(63-95(81)101)105(71-33-15-9-16-34-71)73-49-57-85-89(61-73)97(67-45-51-83-87-53-43-65-27-19-21-37-77(65)99(87)102(3,4)93(83)59-67)86-58-50-74(62-90(86)98(85)68-46-52-84-88-54-44-66-28-20-22-38-78(66)100(88)103(5,6)94(84)60-68)106(72-35-17-10-18-36-72)76-48-56-82-80-40-24-26-42-92(80)104(96(82)64-76,69-29-11-7-12-30-69)70-31-13-8-14-32-70/h7-64H,1-6H3. The first-order chi connectivity index (χ1) is 51.8. The second-order valence-corrected chi connectivity index (χ2v) is 31.4. The van der Waals surface area contributed by atoms with Crippen molar-refractivity contribution in [2.24, 2.45) is 0 Å². The predicted molar refractivity (Wildman–Crippen MR) is 447 cm³/mol. The van der Waals surface area contributed by atoms with Crippen molar-refractivity contribution in [1.82, 2.24) is 0 Å². The summed E-state index contributed by atoms with van der Waals surface area (Å²) in [5.41, 5.74) is 33.5. The van der Waals surface area contributed by atoms with E-state index >= 15 is 0 Å². The third-order valence-electron chi connectivity index (χ3n) is 24.8. The molecular formula is C104H76N2. The Kier molecular flexibility index (Phi) is 13.4. The van der Waals surface area contributed by atoms with Gasteiger partial charge in [-0.15, -0.1) is 0 Å². The van der Waals surface area contributed by atoms with Crippen LogP contribution in [-0.2, 0) is 21.7 Å². The molecule has 0 atom stereocenters. The number of benzene rings is 17. The summed E-state index contributed by atoms with van der Waals surface area (Å²) in [6.07, 6.45) is 0. The summed E-state index contributed by atoms with van der Waals surface area (Å²) in [7, 11) is 0. The van der Waals surface area contributed by atoms with Gasteiger partial charge in [-0.3, -0.25) is 0 Å². The van der Waals surface area contributed by atoms with Crippen LogP contribution in [0.4, 0.5) is 34.1 Å². The summed E-state index contributed by atoms with van der Waals surface area (Å²) in [5.74, 6) is 0. The number of rotatable bonds is 10. The van der Waals surface area contributed by atoms with Gasteiger partial charge >= 0.3 is 0 Å². The molecule has 4 aliphatic rings. The Morgan fingerprint density at radius 2 is 0.538 bits per heavy atom. The molecule has 0 saturated heterocycles. The Morgan fingerprint density at radius 1 is 0.198 bits per heavy atom. The smallest absolute Gasteiger partial charge is 0.0714 e. The summed E-state index contributed by atoms with van der Waals surface area (Å²) in [4.78, 5) is 5.01. The molecule has 4 aliphatic carbocycles. The number of para-hydroxylation sites is 2. The largest absolute Gasteiger partial charge is 0.310 e. The van der Waals surface area contributed by atoms with Gasteiger partial charge in [0.05, 0.1) is 5.41 Å². The molecule has 0 aromatic heterocycles. The Labute approximate surface area is 620 Å². The molecule has 0 fully saturated rings. The summed E-state index contributed by atoms with van der Waals surface area (Å²) < 4.78 is 0. The van der Waals surface area contributed by atoms with Crippen LogP contribution in [0, 0.1) is 0 Å². The zero-order chi connectivity index (χ0) is 71.0. The molecule has 0 heterocycles. The lowest BCUT2D eigenvalue weighted by Crippen LogP contribution is -2.28. The number of hydrogen-bond acceptors (Lipinski definition) is 2. The second kappa shape index (κ2) is 22.9. The minimum Gasteiger partial charge on any atom is -0.310 e. The van der Waals surface area contributed by atoms with Crippen LogP contribution in [0.3, 0.4) is 0 Å². The zero-order valence-electron chi connectivity index (χ0n) is 60.4. The van der Waals surface area contributed by atoms with Crippen LogP contribution in [0.1, 0.15) is 97.2 Å². The molecule has 21 rings (SSSR count). The van der Waals surface area contributed by atoms with E-state index in [1.54, 1.807) is 0 Å². The van der Waals surface area contributed by atoms with Crippen molar-refractivity contribution in [2.75, 3.05) is 9.80 Å². The first-order valence-corrected chi connectivity index (χ1v) is 37.5. The molecule has 0 radical (unpaired) electrons. The molecule has 17 aromatic rings. The zero-order valence-corrected chi connectivity index (χ0v) is 60.4. The van der Waals surface area contributed by atoms with Crippen molar-refractivity contribution in [3.8, 4) is 66.8 Å². The van der Waals surface area contributed by atoms with Crippen LogP contribution >= 0.6 is 0 Å². The van der Waals surface area contributed by atoms with Gasteiger partial charge in [0, 0.05) is 50.4 Å². The van der Waals surface area contributed by atoms with Gasteiger partial charge in [-0.2, -0.15) is 0 Å². The monoisotopic (exact) mass is 1350 g/mol. The molecule has 0 bridgehead atoms. The second-order valence-electron chi connectivity index (χ2n) is 31.4. The topological polar surface area (TPSA) is 6.48 Å². The maximum absolute atomic E-state index is 2.57. The van der Waals surface area contributed by atoms with Crippen molar-refractivity contribution >= 4 is 77.2 Å². The Morgan fingerprint density at radius 3 is 1.03 bits per heavy atom. The molecule has 0 amide bonds. The van der Waals surface area contributed by atoms with Crippen LogP contribution < -0.4 is 9.80 Å². The van der Waals surface area contributed by atoms with E-state index in [2.05, 4.69) is 403 Å². The average Bonchev–Trinajstić information content (AvgIpc) is 1.47. The van der Waals surface area contributed by atoms with Gasteiger partial charge < -0.3 is 9.80 Å². The molecule has 0 N–H and O–H groups in total. The molecule has 17 aromatic carbocycles. The van der Waals surface area contributed by atoms with Crippen molar-refractivity contribution in [3.05, 3.63) is 407 Å². The first-order valence-electron chi connectivity index (χ1n) is 37.5. The quantitative estimate of drug-likeness (QED) is 0.126. The highest BCUT2D eigenvalue weighted by Gasteiger charge is 2.47. The highest BCUT2D eigenvalue weighted by molar-refractivity contribution is 6.23. The molecule has 0 spiro atoms. The lowest BCUT2D eigenvalue weighted by Gasteiger charge is -2.35. The predicted octanol–water partition coefficient (Wildman–Crippen LogP) is 27.9. The summed E-state index contributed by atoms with van der Waals surface area (Å²) in [5, 5.41) is 9.90. The van der Waals surface area contributed by atoms with Crippen LogP contribution in [-0.4, -0.2) is 0 Å². The highest BCUT2D eigenvalue weighted by Crippen LogP contribution is 2.61. The minimum atomic E-state index is -0.596. The van der Waals surface area contributed by atoms with Crippen molar-refractivity contribution in [2.45, 2.75) is 63.2 Å². The Bertz CT molecular complexity index is 6500. The van der Waals surface area contributed by atoms with Crippen molar-refractivity contribution in [3.63, 3.8) is 0 Å². The van der Waals surface area contributed by atoms with E-state index in [1.807, 2.05) is 0 Å². The van der Waals surface area contributed by atoms with E-state index in [9.17, 15) is 0 Å². The lowest BCUT2D eigenvalue weighted by atomic mass is 9.67. The van der Waals surface area contributed by atoms with E-state index in [0.717, 1.165) is 34.1 Å². The van der Waals surface area contributed by atoms with E-state index in [4.69, 9.17) is 0 Å². The summed E-state index contributed by atoms with van der Waals surface area (Å²) in [6.45, 7) is 14.6. The van der Waals surface area contributed by atoms with Gasteiger partial charge in [0.25, 0.3) is 0 Å². The van der Waals surface area contributed by atoms with Gasteiger partial charge in [0.1, 0.15) is 0 Å². The number of anilines is 6. The van der Waals surface area contributed by atoms with Gasteiger partial charge in [-0.05, 0) is 250 Å². The maximum Gasteiger partial charge on any atom is 0.0714 e. The number of nitrogens with zero attached hydrogens (tertiary/aromatic N) is 2. The van der Waals surface area contributed by atoms with Crippen molar-refractivity contribution < 1.29 is 0 Å². The number of fused-ring (bicyclic) bond motifs is 18. The van der Waals surface area contributed by atoms with Gasteiger partial charge in [0.15, 0.2) is 0 Å². The highest BCUT2D eigenvalue weighted by atomic mass is 15.1. The van der Waals surface area contributed by atoms with Crippen LogP contribution in [0.25, 0.3) is 110 Å². The molecular weight excluding hydrogens is 1280 g/mol. The Balaban J connectivity index is 0.854. The lowest BCUT2D eigenvalue weighted by molar-refractivity contribution is 0.660. The van der Waals surface area contributed by atoms with Crippen LogP contribution in [0.2, 0.25) is 0 Å². The maximum atomic E-state index is 2.57. The summed E-state index contributed by atoms with van der Waals surface area (Å²) >= 11 is 0. The normalized spacial score (nSPS) is 14.6. The molecule has 0 aliphatic heterocycles. The van der Waals surface area contributed by atoms with Crippen molar-refractivity contribution in [1.29, 1.82) is 0 Å². The van der Waals surface area contributed by atoms with E-state index < -0.39 is 5.41 Å². The van der Waals surface area contributed by atoms with E-state index in [1.165, 1.54) is 165 Å². The Hall–Kier alpha value is -12.6. The van der Waals surface area contributed by atoms with Crippen LogP contribution in [0.5, 0.6) is 0 Å². The van der Waals surface area contributed by atoms with E-state index in [-0.39, 0.29) is 16.2 Å². The molecule has 0 unspecified atom stereocenters. The SMILES string of the molecule is CC1(C)c2ccccc2-c2ccc(N(c3ccccc3)c3ccc4c(-c5ccc6c(c5)C(C)(C)c5c-6ccc6ccccc56)c5cc(N(c6ccccc6)c6ccc7c(c6)C(c6ccccc6)(c6ccccc6)c6ccccc6-7)ccc5c(-c5ccc6c(c5)C(C)(C)c5c-6ccc6ccccc56)c4c3)cc21. The molecule has 2 nitrogen and oxygen atoms in total. The fraction of sp³-hybridized carbons (Fsp3) is 0.0962. The van der Waals surface area contributed by atoms with E-state index in [0.29, 0.717) is 0 Å². The van der Waals surface area contributed by atoms with Crippen LogP contribution in [0.15, 0.2) is 352 Å². The minimum absolute atomic E-state index is 0.197. The fourth-order valence-electron chi connectivity index (χ4n) is 20.1. The molecule has 0 saturated carbocycles. The van der Waals surface area contributed by atoms with Gasteiger partial charge in [-0.25, -0.2) is 0 Å². The van der Waals surface area contributed by atoms with Gasteiger partial charge in [-0.1, -0.05) is 308 Å². The number of hydrogen-bond donors (Lipinski definition) is 0. The first kappa shape index (κ1) is 62.0.